The van der Waals surface area contributed by atoms with Crippen LogP contribution in [0.3, 0.4) is 0 Å². The SMILES string of the molecule is CC(C#CC(C)OC=O)OC=O. The molecule has 0 aliphatic rings. The molecule has 0 amide bonds. The predicted molar refractivity (Wildman–Crippen MR) is 41.0 cm³/mol. The summed E-state index contributed by atoms with van der Waals surface area (Å²) in [4.78, 5) is 19.6. The van der Waals surface area contributed by atoms with Crippen molar-refractivity contribution in [2.24, 2.45) is 0 Å². The van der Waals surface area contributed by atoms with E-state index < -0.39 is 12.2 Å². The zero-order valence-corrected chi connectivity index (χ0v) is 6.94. The van der Waals surface area contributed by atoms with E-state index >= 15 is 0 Å². The maximum absolute atomic E-state index is 9.81. The van der Waals surface area contributed by atoms with Gasteiger partial charge in [0.25, 0.3) is 12.9 Å². The van der Waals surface area contributed by atoms with E-state index in [1.165, 1.54) is 0 Å². The van der Waals surface area contributed by atoms with Crippen molar-refractivity contribution in [3.8, 4) is 11.8 Å². The van der Waals surface area contributed by atoms with Crippen LogP contribution in [0, 0.1) is 11.8 Å². The van der Waals surface area contributed by atoms with Gasteiger partial charge in [0.15, 0.2) is 12.2 Å². The molecule has 0 aromatic carbocycles. The summed E-state index contributed by atoms with van der Waals surface area (Å²) >= 11 is 0. The van der Waals surface area contributed by atoms with E-state index in [0.717, 1.165) is 0 Å². The normalized spacial score (nSPS) is 13.2. The largest absolute Gasteiger partial charge is 0.452 e. The molecule has 0 fully saturated rings. The summed E-state index contributed by atoms with van der Waals surface area (Å²) in [5, 5.41) is 0. The average Bonchev–Trinajstić information content (AvgIpc) is 2.02. The van der Waals surface area contributed by atoms with Crippen LogP contribution in [0.2, 0.25) is 0 Å². The molecule has 0 spiro atoms. The van der Waals surface area contributed by atoms with Gasteiger partial charge < -0.3 is 9.47 Å². The minimum absolute atomic E-state index is 0.324. The second-order valence-corrected chi connectivity index (χ2v) is 2.04. The fraction of sp³-hybridized carbons (Fsp3) is 0.500. The summed E-state index contributed by atoms with van der Waals surface area (Å²) in [5.74, 6) is 5.16. The first-order chi connectivity index (χ1) is 5.70. The number of carbonyl (C=O) groups excluding carboxylic acids is 2. The van der Waals surface area contributed by atoms with Crippen LogP contribution in [0.5, 0.6) is 0 Å². The second kappa shape index (κ2) is 6.23. The second-order valence-electron chi connectivity index (χ2n) is 2.04. The minimum Gasteiger partial charge on any atom is -0.452 e. The molecule has 12 heavy (non-hydrogen) atoms. The van der Waals surface area contributed by atoms with Crippen molar-refractivity contribution < 1.29 is 19.1 Å². The van der Waals surface area contributed by atoms with Gasteiger partial charge in [-0.05, 0) is 13.8 Å². The Kier molecular flexibility index (Phi) is 5.45. The van der Waals surface area contributed by atoms with E-state index in [-0.39, 0.29) is 0 Å². The Balaban J connectivity index is 3.82. The molecule has 2 unspecified atom stereocenters. The van der Waals surface area contributed by atoms with Gasteiger partial charge in [0.05, 0.1) is 0 Å². The van der Waals surface area contributed by atoms with Crippen molar-refractivity contribution in [2.45, 2.75) is 26.1 Å². The molecule has 0 aromatic heterocycles. The van der Waals surface area contributed by atoms with Gasteiger partial charge in [-0.25, -0.2) is 0 Å². The molecule has 0 bridgehead atoms. The maximum atomic E-state index is 9.81. The lowest BCUT2D eigenvalue weighted by Crippen LogP contribution is -2.07. The van der Waals surface area contributed by atoms with Gasteiger partial charge >= 0.3 is 0 Å². The fourth-order valence-electron chi connectivity index (χ4n) is 0.469. The molecule has 0 saturated heterocycles. The van der Waals surface area contributed by atoms with Crippen LogP contribution >= 0.6 is 0 Å². The number of rotatable bonds is 4. The van der Waals surface area contributed by atoms with Crippen LogP contribution in [0.15, 0.2) is 0 Å². The van der Waals surface area contributed by atoms with Crippen molar-refractivity contribution >= 4 is 12.9 Å². The Morgan fingerprint density at radius 2 is 1.33 bits per heavy atom. The Hall–Kier alpha value is -1.50. The number of ether oxygens (including phenoxy) is 2. The molecule has 4 nitrogen and oxygen atoms in total. The highest BCUT2D eigenvalue weighted by Crippen LogP contribution is 1.87. The van der Waals surface area contributed by atoms with Gasteiger partial charge in [0.2, 0.25) is 0 Å². The Labute approximate surface area is 70.8 Å². The molecule has 2 atom stereocenters. The van der Waals surface area contributed by atoms with Crippen molar-refractivity contribution in [3.05, 3.63) is 0 Å². The lowest BCUT2D eigenvalue weighted by atomic mass is 10.3. The Bertz CT molecular complexity index is 181. The summed E-state index contributed by atoms with van der Waals surface area (Å²) in [6, 6.07) is 0. The standard InChI is InChI=1S/C8H10O4/c1-7(11-5-9)3-4-8(2)12-6-10/h5-8H,1-2H3. The molecule has 0 heterocycles. The zero-order chi connectivity index (χ0) is 9.40. The third-order valence-corrected chi connectivity index (χ3v) is 1.01. The molecular formula is C8H10O4. The lowest BCUT2D eigenvalue weighted by Gasteiger charge is -2.01. The molecule has 0 aromatic rings. The molecular weight excluding hydrogens is 160 g/mol. The Morgan fingerprint density at radius 1 is 1.00 bits per heavy atom. The van der Waals surface area contributed by atoms with E-state index in [2.05, 4.69) is 21.3 Å². The highest BCUT2D eigenvalue weighted by Gasteiger charge is 1.96. The smallest absolute Gasteiger partial charge is 0.294 e. The fourth-order valence-corrected chi connectivity index (χ4v) is 0.469. The third kappa shape index (κ3) is 5.30. The minimum atomic E-state index is -0.472. The summed E-state index contributed by atoms with van der Waals surface area (Å²) in [7, 11) is 0. The summed E-state index contributed by atoms with van der Waals surface area (Å²) in [5.41, 5.74) is 0. The quantitative estimate of drug-likeness (QED) is 0.444. The van der Waals surface area contributed by atoms with E-state index in [9.17, 15) is 9.59 Å². The first-order valence-electron chi connectivity index (χ1n) is 3.40. The van der Waals surface area contributed by atoms with Crippen molar-refractivity contribution in [1.82, 2.24) is 0 Å². The molecule has 0 rings (SSSR count). The topological polar surface area (TPSA) is 52.6 Å². The molecule has 0 radical (unpaired) electrons. The van der Waals surface area contributed by atoms with E-state index in [1.807, 2.05) is 0 Å². The van der Waals surface area contributed by atoms with E-state index in [1.54, 1.807) is 13.8 Å². The molecule has 0 aliphatic heterocycles. The first kappa shape index (κ1) is 10.5. The van der Waals surface area contributed by atoms with Crippen LogP contribution in [0.4, 0.5) is 0 Å². The van der Waals surface area contributed by atoms with Gasteiger partial charge in [-0.2, -0.15) is 0 Å². The van der Waals surface area contributed by atoms with Gasteiger partial charge in [-0.3, -0.25) is 9.59 Å². The number of hydrogen-bond donors (Lipinski definition) is 0. The van der Waals surface area contributed by atoms with Crippen LogP contribution in [0.1, 0.15) is 13.8 Å². The number of carbonyl (C=O) groups is 2. The lowest BCUT2D eigenvalue weighted by molar-refractivity contribution is -0.131. The van der Waals surface area contributed by atoms with Crippen molar-refractivity contribution in [2.75, 3.05) is 0 Å². The maximum Gasteiger partial charge on any atom is 0.294 e. The number of hydrogen-bond acceptors (Lipinski definition) is 4. The zero-order valence-electron chi connectivity index (χ0n) is 6.94. The van der Waals surface area contributed by atoms with Crippen molar-refractivity contribution in [1.29, 1.82) is 0 Å². The summed E-state index contributed by atoms with van der Waals surface area (Å²) in [6.45, 7) is 3.89. The van der Waals surface area contributed by atoms with E-state index in [4.69, 9.17) is 0 Å². The highest BCUT2D eigenvalue weighted by atomic mass is 16.5. The van der Waals surface area contributed by atoms with Crippen LogP contribution in [-0.4, -0.2) is 25.2 Å². The molecule has 0 N–H and O–H groups in total. The van der Waals surface area contributed by atoms with Crippen LogP contribution in [-0.2, 0) is 19.1 Å². The third-order valence-electron chi connectivity index (χ3n) is 1.01. The highest BCUT2D eigenvalue weighted by molar-refractivity contribution is 5.39. The molecule has 0 saturated carbocycles. The predicted octanol–water partition coefficient (Wildman–Crippen LogP) is 0.113. The molecule has 4 heteroatoms. The molecule has 0 aliphatic carbocycles. The Morgan fingerprint density at radius 3 is 1.58 bits per heavy atom. The van der Waals surface area contributed by atoms with Crippen LogP contribution in [0.25, 0.3) is 0 Å². The van der Waals surface area contributed by atoms with E-state index in [0.29, 0.717) is 12.9 Å². The van der Waals surface area contributed by atoms with Gasteiger partial charge in [-0.15, -0.1) is 0 Å². The monoisotopic (exact) mass is 170 g/mol. The van der Waals surface area contributed by atoms with Crippen molar-refractivity contribution in [3.63, 3.8) is 0 Å². The van der Waals surface area contributed by atoms with Gasteiger partial charge in [-0.1, -0.05) is 11.8 Å². The summed E-state index contributed by atoms with van der Waals surface area (Å²) in [6.07, 6.45) is -0.944. The van der Waals surface area contributed by atoms with Gasteiger partial charge in [0, 0.05) is 0 Å². The first-order valence-corrected chi connectivity index (χ1v) is 3.40. The van der Waals surface area contributed by atoms with Gasteiger partial charge in [0.1, 0.15) is 0 Å². The average molecular weight is 170 g/mol. The van der Waals surface area contributed by atoms with Crippen LogP contribution < -0.4 is 0 Å². The molecule has 66 valence electrons. The summed E-state index contributed by atoms with van der Waals surface area (Å²) < 4.78 is 8.94.